The number of hydrogen-bond donors (Lipinski definition) is 1. The second-order valence-electron chi connectivity index (χ2n) is 8.13. The van der Waals surface area contributed by atoms with Gasteiger partial charge in [-0.2, -0.15) is 0 Å². The van der Waals surface area contributed by atoms with Gasteiger partial charge in [-0.3, -0.25) is 19.3 Å². The molecule has 1 fully saturated rings. The second kappa shape index (κ2) is 12.0. The van der Waals surface area contributed by atoms with Gasteiger partial charge in [-0.15, -0.1) is 0 Å². The first-order chi connectivity index (χ1) is 17.7. The van der Waals surface area contributed by atoms with Crippen LogP contribution in [0.1, 0.15) is 16.7 Å². The van der Waals surface area contributed by atoms with Gasteiger partial charge in [0.2, 0.25) is 5.91 Å². The second-order valence-corrected chi connectivity index (χ2v) is 10.7. The number of carbonyl (C=O) groups excluding carboxylic acids is 3. The normalized spacial score (nSPS) is 14.3. The summed E-state index contributed by atoms with van der Waals surface area (Å²) in [5.74, 6) is 0.0804. The van der Waals surface area contributed by atoms with Crippen LogP contribution >= 0.6 is 46.0 Å². The average molecular weight is 649 g/mol. The Balaban J connectivity index is 1.46. The van der Waals surface area contributed by atoms with Gasteiger partial charge in [0.15, 0.2) is 11.5 Å². The summed E-state index contributed by atoms with van der Waals surface area (Å²) in [6, 6.07) is 18.2. The number of carbonyl (C=O) groups is 3. The molecule has 3 aromatic rings. The van der Waals surface area contributed by atoms with Gasteiger partial charge in [-0.05, 0) is 94.9 Å². The van der Waals surface area contributed by atoms with Crippen molar-refractivity contribution in [2.45, 2.75) is 13.5 Å². The maximum Gasteiger partial charge on any atom is 0.294 e. The number of methoxy groups -OCH3 is 1. The first-order valence-corrected chi connectivity index (χ1v) is 13.4. The lowest BCUT2D eigenvalue weighted by Gasteiger charge is -2.14. The van der Waals surface area contributed by atoms with Crippen molar-refractivity contribution in [1.29, 1.82) is 0 Å². The van der Waals surface area contributed by atoms with Crippen LogP contribution in [0, 0.1) is 10.5 Å². The molecule has 1 heterocycles. The van der Waals surface area contributed by atoms with E-state index in [4.69, 9.17) is 21.1 Å². The number of halogens is 2. The van der Waals surface area contributed by atoms with Crippen LogP contribution in [0.2, 0.25) is 5.02 Å². The Labute approximate surface area is 237 Å². The van der Waals surface area contributed by atoms with Crippen LogP contribution in [0.15, 0.2) is 65.6 Å². The lowest BCUT2D eigenvalue weighted by Crippen LogP contribution is -2.36. The lowest BCUT2D eigenvalue weighted by atomic mass is 10.1. The third kappa shape index (κ3) is 6.85. The number of nitrogens with zero attached hydrogens (tertiary/aromatic N) is 1. The number of aryl methyl sites for hydroxylation is 1. The van der Waals surface area contributed by atoms with E-state index in [1.807, 2.05) is 37.3 Å². The molecule has 0 bridgehead atoms. The molecule has 0 saturated carbocycles. The summed E-state index contributed by atoms with van der Waals surface area (Å²) < 4.78 is 12.3. The fourth-order valence-electron chi connectivity index (χ4n) is 3.47. The van der Waals surface area contributed by atoms with Gasteiger partial charge >= 0.3 is 0 Å². The Kier molecular flexibility index (Phi) is 8.78. The molecule has 190 valence electrons. The molecule has 10 heteroatoms. The van der Waals surface area contributed by atoms with Gasteiger partial charge in [0.1, 0.15) is 13.2 Å². The monoisotopic (exact) mass is 648 g/mol. The van der Waals surface area contributed by atoms with Crippen molar-refractivity contribution in [3.63, 3.8) is 0 Å². The predicted octanol–water partition coefficient (Wildman–Crippen LogP) is 6.52. The van der Waals surface area contributed by atoms with Crippen molar-refractivity contribution in [2.24, 2.45) is 0 Å². The fourth-order valence-corrected chi connectivity index (χ4v) is 5.21. The quantitative estimate of drug-likeness (QED) is 0.221. The van der Waals surface area contributed by atoms with Gasteiger partial charge in [-0.1, -0.05) is 41.4 Å². The number of hydrogen-bond acceptors (Lipinski definition) is 6. The Morgan fingerprint density at radius 1 is 1.11 bits per heavy atom. The highest BCUT2D eigenvalue weighted by atomic mass is 127. The van der Waals surface area contributed by atoms with E-state index in [9.17, 15) is 14.4 Å². The predicted molar refractivity (Wildman–Crippen MR) is 154 cm³/mol. The van der Waals surface area contributed by atoms with E-state index in [1.54, 1.807) is 36.4 Å². The Bertz CT molecular complexity index is 1380. The summed E-state index contributed by atoms with van der Waals surface area (Å²) in [5.41, 5.74) is 3.26. The van der Waals surface area contributed by atoms with Crippen molar-refractivity contribution < 1.29 is 23.9 Å². The molecule has 1 N–H and O–H groups in total. The van der Waals surface area contributed by atoms with Gasteiger partial charge in [-0.25, -0.2) is 0 Å². The highest BCUT2D eigenvalue weighted by molar-refractivity contribution is 14.1. The summed E-state index contributed by atoms with van der Waals surface area (Å²) in [6.45, 7) is 1.90. The van der Waals surface area contributed by atoms with Crippen LogP contribution in [-0.4, -0.2) is 35.6 Å². The molecule has 3 amide bonds. The highest BCUT2D eigenvalue weighted by Crippen LogP contribution is 2.37. The smallest absolute Gasteiger partial charge is 0.294 e. The van der Waals surface area contributed by atoms with Gasteiger partial charge in [0.25, 0.3) is 11.1 Å². The van der Waals surface area contributed by atoms with E-state index in [-0.39, 0.29) is 11.4 Å². The zero-order valence-electron chi connectivity index (χ0n) is 19.9. The maximum absolute atomic E-state index is 12.9. The van der Waals surface area contributed by atoms with Gasteiger partial charge < -0.3 is 14.8 Å². The molecule has 0 atom stereocenters. The molecule has 1 aliphatic heterocycles. The molecular weight excluding hydrogens is 627 g/mol. The molecule has 1 saturated heterocycles. The third-order valence-electron chi connectivity index (χ3n) is 5.36. The minimum atomic E-state index is -0.522. The SMILES string of the molecule is COc1cc(/C=C2/SC(=O)N(CC(=O)Nc3ccc(C)cc3)C2=O)cc(I)c1OCc1ccc(Cl)cc1. The Morgan fingerprint density at radius 2 is 1.81 bits per heavy atom. The number of amides is 3. The van der Waals surface area contributed by atoms with Crippen LogP contribution in [0.25, 0.3) is 6.08 Å². The van der Waals surface area contributed by atoms with E-state index in [2.05, 4.69) is 27.9 Å². The first-order valence-electron chi connectivity index (χ1n) is 11.1. The van der Waals surface area contributed by atoms with E-state index < -0.39 is 17.1 Å². The van der Waals surface area contributed by atoms with Gasteiger partial charge in [0, 0.05) is 10.7 Å². The van der Waals surface area contributed by atoms with Crippen LogP contribution in [0.3, 0.4) is 0 Å². The minimum Gasteiger partial charge on any atom is -0.493 e. The topological polar surface area (TPSA) is 84.9 Å². The van der Waals surface area contributed by atoms with E-state index in [0.717, 1.165) is 31.4 Å². The molecule has 37 heavy (non-hydrogen) atoms. The van der Waals surface area contributed by atoms with Crippen LogP contribution in [0.4, 0.5) is 10.5 Å². The molecule has 0 unspecified atom stereocenters. The van der Waals surface area contributed by atoms with Gasteiger partial charge in [0.05, 0.1) is 15.6 Å². The molecule has 3 aromatic carbocycles. The van der Waals surface area contributed by atoms with Crippen LogP contribution < -0.4 is 14.8 Å². The van der Waals surface area contributed by atoms with E-state index in [0.29, 0.717) is 34.4 Å². The fraction of sp³-hybridized carbons (Fsp3) is 0.148. The number of thioether (sulfide) groups is 1. The number of benzene rings is 3. The number of anilines is 1. The standard InChI is InChI=1S/C27H22ClIN2O5S/c1-16-3-9-20(10-4-16)30-24(32)14-31-26(33)23(37-27(31)34)13-18-11-21(29)25(22(12-18)35-2)36-15-17-5-7-19(28)8-6-17/h3-13H,14-15H2,1-2H3,(H,30,32)/b23-13+. The lowest BCUT2D eigenvalue weighted by molar-refractivity contribution is -0.127. The molecule has 0 aliphatic carbocycles. The maximum atomic E-state index is 12.9. The minimum absolute atomic E-state index is 0.223. The number of nitrogens with one attached hydrogen (secondary N) is 1. The number of ether oxygens (including phenoxy) is 2. The largest absolute Gasteiger partial charge is 0.493 e. The summed E-state index contributed by atoms with van der Waals surface area (Å²) >= 11 is 8.87. The van der Waals surface area contributed by atoms with E-state index >= 15 is 0 Å². The summed E-state index contributed by atoms with van der Waals surface area (Å²) in [6.07, 6.45) is 1.61. The molecule has 0 aromatic heterocycles. The number of imide groups is 1. The molecule has 7 nitrogen and oxygen atoms in total. The summed E-state index contributed by atoms with van der Waals surface area (Å²) in [5, 5.41) is 2.85. The van der Waals surface area contributed by atoms with Crippen molar-refractivity contribution in [3.8, 4) is 11.5 Å². The number of rotatable bonds is 8. The molecule has 1 aliphatic rings. The van der Waals surface area contributed by atoms with Crippen molar-refractivity contribution in [3.05, 3.63) is 90.9 Å². The summed E-state index contributed by atoms with van der Waals surface area (Å²) in [7, 11) is 1.53. The summed E-state index contributed by atoms with van der Waals surface area (Å²) in [4.78, 5) is 39.0. The molecule has 4 rings (SSSR count). The molecule has 0 radical (unpaired) electrons. The van der Waals surface area contributed by atoms with E-state index in [1.165, 1.54) is 7.11 Å². The van der Waals surface area contributed by atoms with Crippen molar-refractivity contribution >= 4 is 74.8 Å². The molecule has 0 spiro atoms. The Morgan fingerprint density at radius 3 is 2.49 bits per heavy atom. The first kappa shape index (κ1) is 27.0. The Hall–Kier alpha value is -3.02. The average Bonchev–Trinajstić information content (AvgIpc) is 3.12. The zero-order valence-corrected chi connectivity index (χ0v) is 23.6. The van der Waals surface area contributed by atoms with Crippen molar-refractivity contribution in [2.75, 3.05) is 19.0 Å². The van der Waals surface area contributed by atoms with Crippen LogP contribution in [0.5, 0.6) is 11.5 Å². The van der Waals surface area contributed by atoms with Crippen LogP contribution in [-0.2, 0) is 16.2 Å². The van der Waals surface area contributed by atoms with Crippen molar-refractivity contribution in [1.82, 2.24) is 4.90 Å². The zero-order chi connectivity index (χ0) is 26.5. The highest BCUT2D eigenvalue weighted by Gasteiger charge is 2.36. The third-order valence-corrected chi connectivity index (χ3v) is 7.32. The molecular formula is C27H22ClIN2O5S.